The Balaban J connectivity index is 1.30. The molecule has 0 spiro atoms. The van der Waals surface area contributed by atoms with Crippen molar-refractivity contribution in [1.82, 2.24) is 9.55 Å². The first-order chi connectivity index (χ1) is 25.5. The lowest BCUT2D eigenvalue weighted by molar-refractivity contribution is 0.661. The molecule has 3 nitrogen and oxygen atoms in total. The van der Waals surface area contributed by atoms with Crippen LogP contribution in [0, 0.1) is 11.3 Å². The van der Waals surface area contributed by atoms with Gasteiger partial charge in [0.1, 0.15) is 0 Å². The lowest BCUT2D eigenvalue weighted by Crippen LogP contribution is -2.15. The number of hydrogen-bond donors (Lipinski definition) is 0. The van der Waals surface area contributed by atoms with Crippen molar-refractivity contribution in [2.45, 2.75) is 19.3 Å². The maximum Gasteiger partial charge on any atom is 0.0998 e. The molecular weight excluding hydrogens is 631 g/mol. The van der Waals surface area contributed by atoms with Crippen molar-refractivity contribution >= 4 is 32.7 Å². The standard InChI is InChI=1S/C49H33N3/c1-49(2)43-21-11-8-18-37(43)41-27-42-39-20-10-13-23-47(39)52(48(42)29-44(41)49)35-25-33(36-17-7-6-16-32(36)30-50)24-34(26-35)40-28-46(31-14-4-3-5-15-31)51-45-22-12-9-19-38(40)45/h3-29H,1-2H3. The van der Waals surface area contributed by atoms with E-state index in [1.54, 1.807) is 0 Å². The van der Waals surface area contributed by atoms with Crippen LogP contribution in [0.15, 0.2) is 164 Å². The molecule has 3 heteroatoms. The fourth-order valence-corrected chi connectivity index (χ4v) is 8.50. The second-order valence-electron chi connectivity index (χ2n) is 14.3. The summed E-state index contributed by atoms with van der Waals surface area (Å²) in [4.78, 5) is 5.11. The van der Waals surface area contributed by atoms with Gasteiger partial charge >= 0.3 is 0 Å². The number of hydrogen-bond acceptors (Lipinski definition) is 2. The summed E-state index contributed by atoms with van der Waals surface area (Å²) in [5.74, 6) is 0. The molecule has 0 radical (unpaired) electrons. The Morgan fingerprint density at radius 2 is 1.17 bits per heavy atom. The highest BCUT2D eigenvalue weighted by molar-refractivity contribution is 6.12. The van der Waals surface area contributed by atoms with E-state index in [2.05, 4.69) is 164 Å². The van der Waals surface area contributed by atoms with Gasteiger partial charge < -0.3 is 4.57 Å². The summed E-state index contributed by atoms with van der Waals surface area (Å²) in [5, 5.41) is 13.8. The summed E-state index contributed by atoms with van der Waals surface area (Å²) in [6, 6.07) is 60.6. The van der Waals surface area contributed by atoms with Crippen LogP contribution in [0.2, 0.25) is 0 Å². The van der Waals surface area contributed by atoms with E-state index in [-0.39, 0.29) is 5.41 Å². The van der Waals surface area contributed by atoms with Gasteiger partial charge in [0.25, 0.3) is 0 Å². The minimum absolute atomic E-state index is 0.135. The fourth-order valence-electron chi connectivity index (χ4n) is 8.50. The molecule has 52 heavy (non-hydrogen) atoms. The second kappa shape index (κ2) is 11.4. The third kappa shape index (κ3) is 4.48. The Morgan fingerprint density at radius 3 is 2.00 bits per heavy atom. The molecule has 0 atom stereocenters. The van der Waals surface area contributed by atoms with Crippen LogP contribution in [0.4, 0.5) is 0 Å². The van der Waals surface area contributed by atoms with Crippen molar-refractivity contribution in [3.63, 3.8) is 0 Å². The van der Waals surface area contributed by atoms with Crippen molar-refractivity contribution in [2.75, 3.05) is 0 Å². The summed E-state index contributed by atoms with van der Waals surface area (Å²) in [6.45, 7) is 4.68. The number of pyridine rings is 1. The molecule has 0 bridgehead atoms. The van der Waals surface area contributed by atoms with E-state index < -0.39 is 0 Å². The van der Waals surface area contributed by atoms with Crippen molar-refractivity contribution in [2.24, 2.45) is 0 Å². The third-order valence-electron chi connectivity index (χ3n) is 11.0. The van der Waals surface area contributed by atoms with E-state index >= 15 is 0 Å². The average Bonchev–Trinajstić information content (AvgIpc) is 3.64. The predicted octanol–water partition coefficient (Wildman–Crippen LogP) is 12.5. The maximum absolute atomic E-state index is 10.3. The molecular formula is C49H33N3. The average molecular weight is 664 g/mol. The molecule has 244 valence electrons. The zero-order valence-corrected chi connectivity index (χ0v) is 28.9. The molecule has 10 rings (SSSR count). The Morgan fingerprint density at radius 1 is 0.500 bits per heavy atom. The monoisotopic (exact) mass is 663 g/mol. The molecule has 9 aromatic rings. The normalized spacial score (nSPS) is 12.9. The Bertz CT molecular complexity index is 2940. The van der Waals surface area contributed by atoms with Crippen molar-refractivity contribution in [3.05, 3.63) is 180 Å². The molecule has 2 heterocycles. The van der Waals surface area contributed by atoms with Gasteiger partial charge in [-0.3, -0.25) is 0 Å². The van der Waals surface area contributed by atoms with Crippen LogP contribution in [0.25, 0.3) is 83.0 Å². The maximum atomic E-state index is 10.3. The van der Waals surface area contributed by atoms with Crippen LogP contribution in [0.3, 0.4) is 0 Å². The number of fused-ring (bicyclic) bond motifs is 7. The van der Waals surface area contributed by atoms with E-state index in [1.165, 1.54) is 38.5 Å². The Kier molecular flexibility index (Phi) is 6.59. The summed E-state index contributed by atoms with van der Waals surface area (Å²) in [6.07, 6.45) is 0. The second-order valence-corrected chi connectivity index (χ2v) is 14.3. The van der Waals surface area contributed by atoms with E-state index in [9.17, 15) is 5.26 Å². The summed E-state index contributed by atoms with van der Waals surface area (Å²) < 4.78 is 2.42. The first kappa shape index (κ1) is 30.1. The molecule has 0 aliphatic heterocycles. The fraction of sp³-hybridized carbons (Fsp3) is 0.0612. The first-order valence-electron chi connectivity index (χ1n) is 17.8. The summed E-state index contributed by atoms with van der Waals surface area (Å²) in [7, 11) is 0. The van der Waals surface area contributed by atoms with Gasteiger partial charge in [0.15, 0.2) is 0 Å². The van der Waals surface area contributed by atoms with Crippen molar-refractivity contribution in [1.29, 1.82) is 5.26 Å². The van der Waals surface area contributed by atoms with Gasteiger partial charge in [-0.25, -0.2) is 4.98 Å². The third-order valence-corrected chi connectivity index (χ3v) is 11.0. The SMILES string of the molecule is CC1(C)c2ccccc2-c2cc3c4ccccc4n(-c4cc(-c5ccccc5C#N)cc(-c5cc(-c6ccccc6)nc6ccccc56)c4)c3cc21. The Labute approximate surface area is 302 Å². The highest BCUT2D eigenvalue weighted by atomic mass is 15.0. The number of nitriles is 1. The van der Waals surface area contributed by atoms with Crippen molar-refractivity contribution < 1.29 is 0 Å². The van der Waals surface area contributed by atoms with E-state index in [1.807, 2.05) is 24.3 Å². The highest BCUT2D eigenvalue weighted by Crippen LogP contribution is 2.51. The van der Waals surface area contributed by atoms with E-state index in [0.29, 0.717) is 5.56 Å². The van der Waals surface area contributed by atoms with Gasteiger partial charge in [0.2, 0.25) is 0 Å². The summed E-state index contributed by atoms with van der Waals surface area (Å²) >= 11 is 0. The molecule has 0 saturated heterocycles. The van der Waals surface area contributed by atoms with Crippen LogP contribution < -0.4 is 0 Å². The minimum Gasteiger partial charge on any atom is -0.309 e. The molecule has 0 amide bonds. The van der Waals surface area contributed by atoms with Gasteiger partial charge in [0, 0.05) is 32.8 Å². The minimum atomic E-state index is -0.135. The zero-order valence-electron chi connectivity index (χ0n) is 28.9. The summed E-state index contributed by atoms with van der Waals surface area (Å²) in [5.41, 5.74) is 16.2. The molecule has 2 aromatic heterocycles. The van der Waals surface area contributed by atoms with Crippen LogP contribution in [0.5, 0.6) is 0 Å². The molecule has 0 N–H and O–H groups in total. The lowest BCUT2D eigenvalue weighted by atomic mass is 9.82. The molecule has 7 aromatic carbocycles. The van der Waals surface area contributed by atoms with Crippen LogP contribution >= 0.6 is 0 Å². The van der Waals surface area contributed by atoms with Gasteiger partial charge in [-0.1, -0.05) is 123 Å². The number of aromatic nitrogens is 2. The largest absolute Gasteiger partial charge is 0.309 e. The lowest BCUT2D eigenvalue weighted by Gasteiger charge is -2.22. The van der Waals surface area contributed by atoms with Crippen LogP contribution in [-0.4, -0.2) is 9.55 Å². The molecule has 0 unspecified atom stereocenters. The smallest absolute Gasteiger partial charge is 0.0998 e. The first-order valence-corrected chi connectivity index (χ1v) is 17.8. The molecule has 0 saturated carbocycles. The van der Waals surface area contributed by atoms with Gasteiger partial charge in [-0.05, 0) is 99.1 Å². The van der Waals surface area contributed by atoms with E-state index in [0.717, 1.165) is 55.6 Å². The predicted molar refractivity (Wildman–Crippen MR) is 215 cm³/mol. The molecule has 1 aliphatic rings. The number of nitrogens with zero attached hydrogens (tertiary/aromatic N) is 3. The van der Waals surface area contributed by atoms with E-state index in [4.69, 9.17) is 4.98 Å². The number of benzene rings is 7. The number of rotatable bonds is 4. The quantitative estimate of drug-likeness (QED) is 0.188. The zero-order chi connectivity index (χ0) is 35.0. The van der Waals surface area contributed by atoms with Crippen molar-refractivity contribution in [3.8, 4) is 56.4 Å². The van der Waals surface area contributed by atoms with Gasteiger partial charge in [-0.15, -0.1) is 0 Å². The highest BCUT2D eigenvalue weighted by Gasteiger charge is 2.36. The van der Waals surface area contributed by atoms with Crippen LogP contribution in [0.1, 0.15) is 30.5 Å². The molecule has 0 fully saturated rings. The van der Waals surface area contributed by atoms with Gasteiger partial charge in [-0.2, -0.15) is 5.26 Å². The van der Waals surface area contributed by atoms with Gasteiger partial charge in [0.05, 0.1) is 33.9 Å². The Hall–Kier alpha value is -6.76. The topological polar surface area (TPSA) is 41.6 Å². The van der Waals surface area contributed by atoms with Crippen LogP contribution in [-0.2, 0) is 5.41 Å². The molecule has 1 aliphatic carbocycles. The number of para-hydroxylation sites is 2.